The number of alkyl halides is 2. The largest absolute Gasteiger partial charge is 0.434 e. The summed E-state index contributed by atoms with van der Waals surface area (Å²) in [7, 11) is 0. The van der Waals surface area contributed by atoms with E-state index in [2.05, 4.69) is 30.0 Å². The number of halogens is 3. The van der Waals surface area contributed by atoms with Gasteiger partial charge in [0, 0.05) is 27.9 Å². The number of thiazole rings is 1. The van der Waals surface area contributed by atoms with Crippen molar-refractivity contribution in [1.29, 1.82) is 5.26 Å². The Bertz CT molecular complexity index is 1670. The summed E-state index contributed by atoms with van der Waals surface area (Å²) in [6.45, 7) is -3.07. The second-order valence-electron chi connectivity index (χ2n) is 7.47. The molecule has 0 aliphatic carbocycles. The Balaban J connectivity index is 1.48. The Hall–Kier alpha value is -4.53. The van der Waals surface area contributed by atoms with E-state index in [1.807, 2.05) is 18.2 Å². The number of hydrogen-bond donors (Lipinski definition) is 1. The third-order valence-electron chi connectivity index (χ3n) is 5.14. The van der Waals surface area contributed by atoms with Crippen LogP contribution in [0.2, 0.25) is 5.02 Å². The first-order valence-corrected chi connectivity index (χ1v) is 11.8. The predicted molar refractivity (Wildman–Crippen MR) is 135 cm³/mol. The number of aromatic nitrogens is 4. The normalized spacial score (nSPS) is 10.9. The number of fused-ring (bicyclic) bond motifs is 1. The van der Waals surface area contributed by atoms with Crippen molar-refractivity contribution in [1.82, 2.24) is 19.9 Å². The number of nitriles is 1. The monoisotopic (exact) mass is 534 g/mol. The van der Waals surface area contributed by atoms with Crippen LogP contribution in [0.5, 0.6) is 5.75 Å². The van der Waals surface area contributed by atoms with Crippen molar-refractivity contribution in [2.75, 3.05) is 5.32 Å². The standard InChI is InChI=1S/C25H13ClF2N6O2S/c26-14-7-5-13(6-8-14)19-12-31-21-23(32-19)37-25(33-21)34-22(35)18-11-30-15(10-29)9-17(18)16-3-1-2-4-20(16)36-24(27)28/h1-9,11-12,24H,(H,31,33,34,35). The summed E-state index contributed by atoms with van der Waals surface area (Å²) in [5, 5.41) is 12.8. The van der Waals surface area contributed by atoms with E-state index in [1.54, 1.807) is 24.4 Å². The molecule has 37 heavy (non-hydrogen) atoms. The highest BCUT2D eigenvalue weighted by atomic mass is 35.5. The van der Waals surface area contributed by atoms with Gasteiger partial charge >= 0.3 is 6.61 Å². The third kappa shape index (κ3) is 5.20. The van der Waals surface area contributed by atoms with Gasteiger partial charge in [-0.05, 0) is 24.3 Å². The molecule has 0 aliphatic heterocycles. The van der Waals surface area contributed by atoms with Crippen LogP contribution in [0.4, 0.5) is 13.9 Å². The van der Waals surface area contributed by atoms with E-state index in [4.69, 9.17) is 11.6 Å². The van der Waals surface area contributed by atoms with Gasteiger partial charge in [-0.15, -0.1) is 0 Å². The lowest BCUT2D eigenvalue weighted by atomic mass is 9.99. The molecule has 0 atom stereocenters. The quantitative estimate of drug-likeness (QED) is 0.276. The average molecular weight is 535 g/mol. The minimum absolute atomic E-state index is 0.00140. The molecular weight excluding hydrogens is 522 g/mol. The summed E-state index contributed by atoms with van der Waals surface area (Å²) in [5.74, 6) is -0.763. The number of anilines is 1. The number of pyridine rings is 1. The van der Waals surface area contributed by atoms with Crippen LogP contribution in [0.15, 0.2) is 67.0 Å². The minimum Gasteiger partial charge on any atom is -0.434 e. The van der Waals surface area contributed by atoms with Crippen LogP contribution in [0, 0.1) is 11.3 Å². The average Bonchev–Trinajstić information content (AvgIpc) is 3.30. The highest BCUT2D eigenvalue weighted by molar-refractivity contribution is 7.21. The Morgan fingerprint density at radius 3 is 2.59 bits per heavy atom. The zero-order chi connectivity index (χ0) is 25.9. The molecule has 0 spiro atoms. The molecule has 8 nitrogen and oxygen atoms in total. The maximum Gasteiger partial charge on any atom is 0.387 e. The Morgan fingerprint density at radius 2 is 1.84 bits per heavy atom. The first kappa shape index (κ1) is 24.2. The summed E-state index contributed by atoms with van der Waals surface area (Å²) in [6.07, 6.45) is 2.77. The van der Waals surface area contributed by atoms with Gasteiger partial charge in [0.2, 0.25) is 0 Å². The molecule has 5 aromatic rings. The molecule has 0 radical (unpaired) electrons. The third-order valence-corrected chi connectivity index (χ3v) is 6.25. The maximum atomic E-state index is 13.2. The smallest absolute Gasteiger partial charge is 0.387 e. The molecule has 0 fully saturated rings. The van der Waals surface area contributed by atoms with E-state index in [1.165, 1.54) is 30.5 Å². The van der Waals surface area contributed by atoms with Crippen molar-refractivity contribution in [3.8, 4) is 34.2 Å². The molecule has 0 bridgehead atoms. The van der Waals surface area contributed by atoms with Gasteiger partial charge in [-0.3, -0.25) is 10.1 Å². The number of ether oxygens (including phenoxy) is 1. The maximum absolute atomic E-state index is 13.2. The van der Waals surface area contributed by atoms with Crippen LogP contribution in [0.1, 0.15) is 16.1 Å². The van der Waals surface area contributed by atoms with E-state index in [-0.39, 0.29) is 33.3 Å². The summed E-state index contributed by atoms with van der Waals surface area (Å²) in [5.41, 5.74) is 2.20. The number of amides is 1. The van der Waals surface area contributed by atoms with Crippen molar-refractivity contribution < 1.29 is 18.3 Å². The fourth-order valence-corrected chi connectivity index (χ4v) is 4.43. The van der Waals surface area contributed by atoms with Gasteiger partial charge in [0.1, 0.15) is 17.5 Å². The number of carbonyl (C=O) groups is 1. The van der Waals surface area contributed by atoms with Crippen molar-refractivity contribution in [2.45, 2.75) is 6.61 Å². The lowest BCUT2D eigenvalue weighted by molar-refractivity contribution is -0.0494. The van der Waals surface area contributed by atoms with Crippen molar-refractivity contribution in [2.24, 2.45) is 0 Å². The number of benzene rings is 2. The van der Waals surface area contributed by atoms with Gasteiger partial charge in [0.15, 0.2) is 15.6 Å². The first-order chi connectivity index (χ1) is 17.9. The van der Waals surface area contributed by atoms with Crippen molar-refractivity contribution >= 4 is 44.5 Å². The number of nitrogens with zero attached hydrogens (tertiary/aromatic N) is 5. The van der Waals surface area contributed by atoms with Crippen molar-refractivity contribution in [3.05, 3.63) is 83.3 Å². The molecule has 3 aromatic heterocycles. The first-order valence-electron chi connectivity index (χ1n) is 10.6. The van der Waals surface area contributed by atoms with Crippen LogP contribution in [0.25, 0.3) is 32.9 Å². The molecule has 2 aromatic carbocycles. The Morgan fingerprint density at radius 1 is 1.05 bits per heavy atom. The molecule has 3 heterocycles. The topological polar surface area (TPSA) is 114 Å². The van der Waals surface area contributed by atoms with Crippen LogP contribution in [-0.2, 0) is 0 Å². The number of carbonyl (C=O) groups excluding carboxylic acids is 1. The molecule has 0 saturated carbocycles. The highest BCUT2D eigenvalue weighted by Crippen LogP contribution is 2.34. The van der Waals surface area contributed by atoms with E-state index < -0.39 is 12.5 Å². The van der Waals surface area contributed by atoms with Gasteiger partial charge in [0.25, 0.3) is 5.91 Å². The fourth-order valence-electron chi connectivity index (χ4n) is 3.51. The molecule has 0 saturated heterocycles. The molecule has 182 valence electrons. The SMILES string of the molecule is N#Cc1cc(-c2ccccc2OC(F)F)c(C(=O)Nc2nc3ncc(-c4ccc(Cl)cc4)nc3s2)cn1. The van der Waals surface area contributed by atoms with E-state index in [0.717, 1.165) is 16.9 Å². The number of rotatable bonds is 6. The molecule has 1 N–H and O–H groups in total. The van der Waals surface area contributed by atoms with Crippen LogP contribution in [-0.4, -0.2) is 32.5 Å². The lowest BCUT2D eigenvalue weighted by Crippen LogP contribution is -2.14. The molecular formula is C25H13ClF2N6O2S. The predicted octanol–water partition coefficient (Wildman–Crippen LogP) is 6.19. The van der Waals surface area contributed by atoms with Crippen LogP contribution < -0.4 is 10.1 Å². The molecule has 12 heteroatoms. The fraction of sp³-hybridized carbons (Fsp3) is 0.0400. The highest BCUT2D eigenvalue weighted by Gasteiger charge is 2.20. The van der Waals surface area contributed by atoms with Gasteiger partial charge < -0.3 is 4.74 Å². The van der Waals surface area contributed by atoms with Gasteiger partial charge in [-0.25, -0.2) is 15.0 Å². The van der Waals surface area contributed by atoms with Crippen LogP contribution in [0.3, 0.4) is 0 Å². The minimum atomic E-state index is -3.07. The zero-order valence-corrected chi connectivity index (χ0v) is 20.1. The summed E-state index contributed by atoms with van der Waals surface area (Å²) >= 11 is 7.06. The molecule has 1 amide bonds. The number of nitrogens with one attached hydrogen (secondary N) is 1. The zero-order valence-electron chi connectivity index (χ0n) is 18.5. The second kappa shape index (κ2) is 10.2. The Kier molecular flexibility index (Phi) is 6.68. The van der Waals surface area contributed by atoms with Crippen LogP contribution >= 0.6 is 22.9 Å². The van der Waals surface area contributed by atoms with E-state index >= 15 is 0 Å². The number of para-hydroxylation sites is 1. The summed E-state index contributed by atoms with van der Waals surface area (Å²) in [4.78, 5) is 30.9. The van der Waals surface area contributed by atoms with Gasteiger partial charge in [0.05, 0.1) is 17.5 Å². The van der Waals surface area contributed by atoms with Gasteiger partial charge in [-0.2, -0.15) is 19.0 Å². The van der Waals surface area contributed by atoms with Gasteiger partial charge in [-0.1, -0.05) is 53.3 Å². The number of hydrogen-bond acceptors (Lipinski definition) is 8. The van der Waals surface area contributed by atoms with E-state index in [9.17, 15) is 18.8 Å². The molecule has 5 rings (SSSR count). The summed E-state index contributed by atoms with van der Waals surface area (Å²) < 4.78 is 30.6. The Labute approximate surface area is 217 Å². The van der Waals surface area contributed by atoms with Crippen molar-refractivity contribution in [3.63, 3.8) is 0 Å². The second-order valence-corrected chi connectivity index (χ2v) is 8.88. The molecule has 0 aliphatic rings. The molecule has 0 unspecified atom stereocenters. The van der Waals surface area contributed by atoms with E-state index in [0.29, 0.717) is 21.2 Å². The lowest BCUT2D eigenvalue weighted by Gasteiger charge is -2.14. The summed E-state index contributed by atoms with van der Waals surface area (Å²) in [6, 6.07) is 16.3.